The van der Waals surface area contributed by atoms with Crippen molar-refractivity contribution in [3.63, 3.8) is 0 Å². The lowest BCUT2D eigenvalue weighted by molar-refractivity contribution is 1.79. The highest BCUT2D eigenvalue weighted by Crippen LogP contribution is 2.33. The van der Waals surface area contributed by atoms with E-state index in [2.05, 4.69) is 111 Å². The first-order valence-electron chi connectivity index (χ1n) is 10.4. The normalized spacial score (nSPS) is 12.1. The Hall–Kier alpha value is -2.08. The molecule has 0 bridgehead atoms. The van der Waals surface area contributed by atoms with Crippen molar-refractivity contribution in [2.75, 3.05) is 0 Å². The maximum Gasteiger partial charge on any atom is 0.0520 e. The molecule has 0 nitrogen and oxygen atoms in total. The van der Waals surface area contributed by atoms with Crippen molar-refractivity contribution >= 4 is 112 Å². The standard InChI is InChI=1S/C26H15Si6/c27-29-30-31-32(28)26-15-22-11-20-9-16-5-1-2-6-17(16)10-21(20)14-23(22)24-12-18-7-3-4-8-19(18)13-25(24)26/h1-15H. The summed E-state index contributed by atoms with van der Waals surface area (Å²) in [6, 6.07) is 34.2. The largest absolute Gasteiger partial charge is 0.0616 e. The number of hydrogen-bond acceptors (Lipinski definition) is 0. The Bertz CT molecular complexity index is 1640. The van der Waals surface area contributed by atoms with Crippen LogP contribution in [0.25, 0.3) is 53.9 Å². The fourth-order valence-electron chi connectivity index (χ4n) is 4.65. The molecule has 6 heteroatoms. The van der Waals surface area contributed by atoms with Crippen molar-refractivity contribution in [3.05, 3.63) is 91.0 Å². The van der Waals surface area contributed by atoms with Gasteiger partial charge in [0.15, 0.2) is 0 Å². The van der Waals surface area contributed by atoms with Gasteiger partial charge in [0, 0.05) is 45.2 Å². The summed E-state index contributed by atoms with van der Waals surface area (Å²) in [5.41, 5.74) is 0. The molecule has 0 fully saturated rings. The molecular weight excluding hydrogens is 481 g/mol. The maximum absolute atomic E-state index is 4.20. The van der Waals surface area contributed by atoms with Gasteiger partial charge in [-0.05, 0) is 90.3 Å². The molecule has 0 heterocycles. The Morgan fingerprint density at radius 2 is 1.03 bits per heavy atom. The predicted octanol–water partition coefficient (Wildman–Crippen LogP) is 4.34. The summed E-state index contributed by atoms with van der Waals surface area (Å²) < 4.78 is 0. The van der Waals surface area contributed by atoms with E-state index in [-0.39, 0.29) is 0 Å². The van der Waals surface area contributed by atoms with Crippen LogP contribution in [0.4, 0.5) is 0 Å². The van der Waals surface area contributed by atoms with Gasteiger partial charge in [0.25, 0.3) is 0 Å². The van der Waals surface area contributed by atoms with E-state index in [0.717, 1.165) is 25.7 Å². The topological polar surface area (TPSA) is 0 Å². The Kier molecular flexibility index (Phi) is 5.36. The van der Waals surface area contributed by atoms with Crippen LogP contribution in [0.15, 0.2) is 91.0 Å². The van der Waals surface area contributed by atoms with E-state index < -0.39 is 7.83 Å². The van der Waals surface area contributed by atoms with Crippen molar-refractivity contribution in [3.8, 4) is 0 Å². The second-order valence-corrected chi connectivity index (χ2v) is 23.6. The van der Waals surface area contributed by atoms with Crippen LogP contribution in [0.5, 0.6) is 0 Å². The van der Waals surface area contributed by atoms with Gasteiger partial charge in [-0.25, -0.2) is 0 Å². The zero-order valence-corrected chi connectivity index (χ0v) is 23.2. The summed E-state index contributed by atoms with van der Waals surface area (Å²) in [4.78, 5) is 0. The summed E-state index contributed by atoms with van der Waals surface area (Å²) in [6.45, 7) is 0. The Labute approximate surface area is 202 Å². The van der Waals surface area contributed by atoms with Crippen molar-refractivity contribution in [2.24, 2.45) is 0 Å². The summed E-state index contributed by atoms with van der Waals surface area (Å²) in [7, 11) is 9.95. The van der Waals surface area contributed by atoms with E-state index in [4.69, 9.17) is 0 Å². The van der Waals surface area contributed by atoms with Crippen molar-refractivity contribution in [1.29, 1.82) is 0 Å². The van der Waals surface area contributed by atoms with E-state index >= 15 is 0 Å². The van der Waals surface area contributed by atoms with Gasteiger partial charge in [-0.3, -0.25) is 0 Å². The maximum atomic E-state index is 4.20. The fourth-order valence-corrected chi connectivity index (χ4v) is 26.0. The van der Waals surface area contributed by atoms with E-state index in [9.17, 15) is 0 Å². The third kappa shape index (κ3) is 3.51. The van der Waals surface area contributed by atoms with Crippen LogP contribution in [-0.4, -0.2) is 53.0 Å². The van der Waals surface area contributed by atoms with Crippen LogP contribution in [0.2, 0.25) is 0 Å². The van der Waals surface area contributed by atoms with E-state index in [1.165, 1.54) is 59.0 Å². The molecule has 0 aromatic heterocycles. The summed E-state index contributed by atoms with van der Waals surface area (Å²) in [5, 5.41) is 14.9. The van der Waals surface area contributed by atoms with Crippen LogP contribution in [0.1, 0.15) is 0 Å². The molecule has 0 aliphatic heterocycles. The molecule has 0 amide bonds. The van der Waals surface area contributed by atoms with Crippen LogP contribution in [-0.2, 0) is 0 Å². The van der Waals surface area contributed by atoms with Gasteiger partial charge in [0.1, 0.15) is 0 Å². The third-order valence-electron chi connectivity index (χ3n) is 6.16. The van der Waals surface area contributed by atoms with Crippen molar-refractivity contribution in [1.82, 2.24) is 0 Å². The Balaban J connectivity index is 1.72. The number of fused-ring (bicyclic) bond motifs is 6. The molecule has 13 radical (unpaired) electrons. The lowest BCUT2D eigenvalue weighted by Gasteiger charge is -2.17. The first-order chi connectivity index (χ1) is 15.7. The van der Waals surface area contributed by atoms with Crippen molar-refractivity contribution < 1.29 is 0 Å². The molecule has 0 aliphatic rings. The molecule has 6 aromatic rings. The smallest absolute Gasteiger partial charge is 0.0520 e. The minimum absolute atomic E-state index is 0.779. The van der Waals surface area contributed by atoms with Gasteiger partial charge < -0.3 is 0 Å². The number of benzene rings is 6. The molecule has 143 valence electrons. The van der Waals surface area contributed by atoms with Crippen LogP contribution >= 0.6 is 0 Å². The SMILES string of the molecule is [Si][Si][Si][Si][Si]([Si])c1cc2cc3cc4ccccc4cc3cc2c2cc3ccccc3cc12. The molecule has 0 saturated heterocycles. The highest BCUT2D eigenvalue weighted by atomic mass is 29.9. The molecule has 0 N–H and O–H groups in total. The Morgan fingerprint density at radius 3 is 1.66 bits per heavy atom. The van der Waals surface area contributed by atoms with E-state index in [0.29, 0.717) is 0 Å². The zero-order valence-electron chi connectivity index (χ0n) is 17.2. The monoisotopic (exact) mass is 495 g/mol. The van der Waals surface area contributed by atoms with Gasteiger partial charge >= 0.3 is 0 Å². The van der Waals surface area contributed by atoms with Crippen LogP contribution in [0, 0.1) is 0 Å². The van der Waals surface area contributed by atoms with Crippen LogP contribution in [0.3, 0.4) is 0 Å². The average Bonchev–Trinajstić information content (AvgIpc) is 2.83. The molecule has 0 aliphatic carbocycles. The number of hydrogen-bond donors (Lipinski definition) is 0. The lowest BCUT2D eigenvalue weighted by atomic mass is 9.95. The van der Waals surface area contributed by atoms with Gasteiger partial charge in [-0.2, -0.15) is 0 Å². The fraction of sp³-hybridized carbons (Fsp3) is 0. The van der Waals surface area contributed by atoms with Crippen molar-refractivity contribution in [2.45, 2.75) is 0 Å². The Morgan fingerprint density at radius 1 is 0.531 bits per heavy atom. The first-order valence-corrected chi connectivity index (χ1v) is 20.9. The summed E-state index contributed by atoms with van der Waals surface area (Å²) >= 11 is 0. The number of rotatable bonds is 4. The molecule has 6 rings (SSSR count). The predicted molar refractivity (Wildman–Crippen MR) is 148 cm³/mol. The molecule has 0 unspecified atom stereocenters. The third-order valence-corrected chi connectivity index (χ3v) is 25.4. The molecule has 32 heavy (non-hydrogen) atoms. The minimum Gasteiger partial charge on any atom is -0.0616 e. The quantitative estimate of drug-likeness (QED) is 0.194. The second kappa shape index (κ2) is 8.36. The summed E-state index contributed by atoms with van der Waals surface area (Å²) in [5.74, 6) is 0. The molecule has 6 aromatic carbocycles. The van der Waals surface area contributed by atoms with Gasteiger partial charge in [-0.15, -0.1) is 0 Å². The first kappa shape index (κ1) is 20.5. The molecule has 0 atom stereocenters. The summed E-state index contributed by atoms with van der Waals surface area (Å²) in [6.07, 6.45) is 0. The highest BCUT2D eigenvalue weighted by Gasteiger charge is 2.16. The lowest BCUT2D eigenvalue weighted by Crippen LogP contribution is -2.42. The van der Waals surface area contributed by atoms with E-state index in [1.807, 2.05) is 0 Å². The second-order valence-electron chi connectivity index (χ2n) is 8.04. The molecular formula is C26H15Si6. The van der Waals surface area contributed by atoms with Gasteiger partial charge in [-0.1, -0.05) is 59.8 Å². The average molecular weight is 496 g/mol. The molecule has 0 saturated carbocycles. The van der Waals surface area contributed by atoms with E-state index in [1.54, 1.807) is 0 Å². The highest BCUT2D eigenvalue weighted by molar-refractivity contribution is 7.63. The van der Waals surface area contributed by atoms with Gasteiger partial charge in [0.2, 0.25) is 0 Å². The zero-order chi connectivity index (χ0) is 21.7. The molecule has 0 spiro atoms. The van der Waals surface area contributed by atoms with Crippen LogP contribution < -0.4 is 5.19 Å². The minimum atomic E-state index is -0.779. The van der Waals surface area contributed by atoms with Gasteiger partial charge in [0.05, 0.1) is 7.83 Å².